The van der Waals surface area contributed by atoms with Crippen LogP contribution in [-0.2, 0) is 0 Å². The monoisotopic (exact) mass is 398 g/mol. The summed E-state index contributed by atoms with van der Waals surface area (Å²) in [5, 5.41) is 8.64. The van der Waals surface area contributed by atoms with Crippen LogP contribution in [0.2, 0.25) is 0 Å². The molecule has 0 radical (unpaired) electrons. The predicted octanol–water partition coefficient (Wildman–Crippen LogP) is 4.54. The number of carbonyl (C=O) groups is 1. The molecule has 30 heavy (non-hydrogen) atoms. The van der Waals surface area contributed by atoms with Gasteiger partial charge in [0.2, 0.25) is 0 Å². The van der Waals surface area contributed by atoms with Gasteiger partial charge in [0.15, 0.2) is 5.65 Å². The summed E-state index contributed by atoms with van der Waals surface area (Å²) in [6, 6.07) is 22.9. The SMILES string of the molecule is O=C(c1ccc(Oc2ccccc2)cc1)N1CCC(c2nnc3ccccn23)CC1. The zero-order chi connectivity index (χ0) is 20.3. The number of nitrogens with zero attached hydrogens (tertiary/aromatic N) is 4. The van der Waals surface area contributed by atoms with E-state index < -0.39 is 0 Å². The molecule has 0 N–H and O–H groups in total. The fourth-order valence-electron chi connectivity index (χ4n) is 3.95. The second kappa shape index (κ2) is 7.99. The van der Waals surface area contributed by atoms with Crippen molar-refractivity contribution in [2.45, 2.75) is 18.8 Å². The lowest BCUT2D eigenvalue weighted by Crippen LogP contribution is -2.38. The third-order valence-corrected chi connectivity index (χ3v) is 5.57. The number of para-hydroxylation sites is 1. The molecule has 0 atom stereocenters. The number of piperidine rings is 1. The van der Waals surface area contributed by atoms with Crippen LogP contribution in [0.5, 0.6) is 11.5 Å². The molecular weight excluding hydrogens is 376 g/mol. The van der Waals surface area contributed by atoms with E-state index in [0.717, 1.165) is 35.8 Å². The Morgan fingerprint density at radius 1 is 0.833 bits per heavy atom. The van der Waals surface area contributed by atoms with Crippen molar-refractivity contribution in [2.75, 3.05) is 13.1 Å². The molecule has 1 fully saturated rings. The van der Waals surface area contributed by atoms with Crippen molar-refractivity contribution in [1.82, 2.24) is 19.5 Å². The smallest absolute Gasteiger partial charge is 0.253 e. The van der Waals surface area contributed by atoms with Crippen LogP contribution in [0.25, 0.3) is 5.65 Å². The number of ether oxygens (including phenoxy) is 1. The second-order valence-corrected chi connectivity index (χ2v) is 7.49. The molecule has 1 amide bonds. The van der Waals surface area contributed by atoms with E-state index >= 15 is 0 Å². The van der Waals surface area contributed by atoms with Crippen molar-refractivity contribution in [3.8, 4) is 11.5 Å². The second-order valence-electron chi connectivity index (χ2n) is 7.49. The van der Waals surface area contributed by atoms with Crippen LogP contribution in [0.15, 0.2) is 79.0 Å². The first-order chi connectivity index (χ1) is 14.8. The number of likely N-dealkylation sites (tertiary alicyclic amines) is 1. The van der Waals surface area contributed by atoms with Gasteiger partial charge in [0.05, 0.1) is 0 Å². The standard InChI is InChI=1S/C24H22N4O2/c29-24(19-9-11-21(12-10-19)30-20-6-2-1-3-7-20)27-16-13-18(14-17-27)23-26-25-22-8-4-5-15-28(22)23/h1-12,15,18H,13-14,16-17H2. The first-order valence-corrected chi connectivity index (χ1v) is 10.2. The zero-order valence-electron chi connectivity index (χ0n) is 16.5. The Balaban J connectivity index is 1.22. The Morgan fingerprint density at radius 2 is 1.53 bits per heavy atom. The minimum atomic E-state index is 0.0609. The van der Waals surface area contributed by atoms with Gasteiger partial charge in [0.1, 0.15) is 17.3 Å². The van der Waals surface area contributed by atoms with Gasteiger partial charge in [0, 0.05) is 30.8 Å². The molecule has 0 spiro atoms. The minimum Gasteiger partial charge on any atom is -0.457 e. The van der Waals surface area contributed by atoms with Gasteiger partial charge in [-0.05, 0) is 61.4 Å². The molecule has 0 aliphatic carbocycles. The first kappa shape index (κ1) is 18.4. The number of fused-ring (bicyclic) bond motifs is 1. The third kappa shape index (κ3) is 3.64. The van der Waals surface area contributed by atoms with E-state index in [1.54, 1.807) is 0 Å². The Labute approximate surface area is 174 Å². The quantitative estimate of drug-likeness (QED) is 0.506. The molecule has 0 unspecified atom stereocenters. The summed E-state index contributed by atoms with van der Waals surface area (Å²) in [5.74, 6) is 2.86. The maximum atomic E-state index is 12.9. The van der Waals surface area contributed by atoms with E-state index in [-0.39, 0.29) is 5.91 Å². The molecule has 1 saturated heterocycles. The average molecular weight is 398 g/mol. The highest BCUT2D eigenvalue weighted by atomic mass is 16.5. The number of rotatable bonds is 4. The van der Waals surface area contributed by atoms with Crippen LogP contribution in [0.1, 0.15) is 34.9 Å². The maximum Gasteiger partial charge on any atom is 0.253 e. The van der Waals surface area contributed by atoms with Crippen molar-refractivity contribution >= 4 is 11.6 Å². The summed E-state index contributed by atoms with van der Waals surface area (Å²) in [6.07, 6.45) is 3.77. The van der Waals surface area contributed by atoms with E-state index in [1.165, 1.54) is 0 Å². The van der Waals surface area contributed by atoms with Crippen LogP contribution in [0.4, 0.5) is 0 Å². The number of amides is 1. The summed E-state index contributed by atoms with van der Waals surface area (Å²) < 4.78 is 7.86. The Kier molecular flexibility index (Phi) is 4.89. The molecule has 6 heteroatoms. The van der Waals surface area contributed by atoms with Crippen molar-refractivity contribution < 1.29 is 9.53 Å². The van der Waals surface area contributed by atoms with Gasteiger partial charge in [-0.25, -0.2) is 0 Å². The van der Waals surface area contributed by atoms with E-state index in [1.807, 2.05) is 88.3 Å². The van der Waals surface area contributed by atoms with Crippen molar-refractivity contribution in [3.05, 3.63) is 90.4 Å². The minimum absolute atomic E-state index is 0.0609. The highest BCUT2D eigenvalue weighted by molar-refractivity contribution is 5.94. The summed E-state index contributed by atoms with van der Waals surface area (Å²) >= 11 is 0. The van der Waals surface area contributed by atoms with E-state index in [2.05, 4.69) is 10.2 Å². The number of hydrogen-bond acceptors (Lipinski definition) is 4. The molecule has 6 nitrogen and oxygen atoms in total. The molecule has 2 aromatic carbocycles. The van der Waals surface area contributed by atoms with Gasteiger partial charge < -0.3 is 9.64 Å². The molecular formula is C24H22N4O2. The van der Waals surface area contributed by atoms with Crippen LogP contribution < -0.4 is 4.74 Å². The van der Waals surface area contributed by atoms with Gasteiger partial charge in [-0.2, -0.15) is 0 Å². The number of hydrogen-bond donors (Lipinski definition) is 0. The van der Waals surface area contributed by atoms with Crippen LogP contribution in [0, 0.1) is 0 Å². The zero-order valence-corrected chi connectivity index (χ0v) is 16.5. The molecule has 0 saturated carbocycles. The lowest BCUT2D eigenvalue weighted by molar-refractivity contribution is 0.0711. The topological polar surface area (TPSA) is 59.7 Å². The highest BCUT2D eigenvalue weighted by Crippen LogP contribution is 2.28. The largest absolute Gasteiger partial charge is 0.457 e. The molecule has 4 aromatic rings. The third-order valence-electron chi connectivity index (χ3n) is 5.57. The van der Waals surface area contributed by atoms with Gasteiger partial charge in [-0.15, -0.1) is 10.2 Å². The molecule has 1 aliphatic heterocycles. The van der Waals surface area contributed by atoms with Gasteiger partial charge in [-0.3, -0.25) is 9.20 Å². The molecule has 2 aromatic heterocycles. The van der Waals surface area contributed by atoms with E-state index in [4.69, 9.17) is 4.74 Å². The fraction of sp³-hybridized carbons (Fsp3) is 0.208. The highest BCUT2D eigenvalue weighted by Gasteiger charge is 2.27. The lowest BCUT2D eigenvalue weighted by atomic mass is 9.95. The predicted molar refractivity (Wildman–Crippen MR) is 114 cm³/mol. The Hall–Kier alpha value is -3.67. The normalized spacial score (nSPS) is 14.7. The molecule has 1 aliphatic rings. The van der Waals surface area contributed by atoms with E-state index in [9.17, 15) is 4.79 Å². The lowest BCUT2D eigenvalue weighted by Gasteiger charge is -2.31. The van der Waals surface area contributed by atoms with Crippen LogP contribution in [0.3, 0.4) is 0 Å². The van der Waals surface area contributed by atoms with Crippen molar-refractivity contribution in [1.29, 1.82) is 0 Å². The van der Waals surface area contributed by atoms with Crippen molar-refractivity contribution in [2.24, 2.45) is 0 Å². The fourth-order valence-corrected chi connectivity index (χ4v) is 3.95. The summed E-state index contributed by atoms with van der Waals surface area (Å²) in [7, 11) is 0. The number of pyridine rings is 1. The van der Waals surface area contributed by atoms with E-state index in [0.29, 0.717) is 24.6 Å². The first-order valence-electron chi connectivity index (χ1n) is 10.2. The number of aromatic nitrogens is 3. The molecule has 3 heterocycles. The number of carbonyl (C=O) groups excluding carboxylic acids is 1. The molecule has 150 valence electrons. The average Bonchev–Trinajstić information content (AvgIpc) is 3.24. The molecule has 0 bridgehead atoms. The van der Waals surface area contributed by atoms with Gasteiger partial charge in [-0.1, -0.05) is 24.3 Å². The van der Waals surface area contributed by atoms with Crippen LogP contribution in [-0.4, -0.2) is 38.5 Å². The van der Waals surface area contributed by atoms with Crippen molar-refractivity contribution in [3.63, 3.8) is 0 Å². The van der Waals surface area contributed by atoms with Gasteiger partial charge >= 0.3 is 0 Å². The molecule has 5 rings (SSSR count). The maximum absolute atomic E-state index is 12.9. The Bertz CT molecular complexity index is 1150. The summed E-state index contributed by atoms with van der Waals surface area (Å²) in [4.78, 5) is 14.9. The summed E-state index contributed by atoms with van der Waals surface area (Å²) in [5.41, 5.74) is 1.55. The Morgan fingerprint density at radius 3 is 2.30 bits per heavy atom. The van der Waals surface area contributed by atoms with Crippen LogP contribution >= 0.6 is 0 Å². The van der Waals surface area contributed by atoms with Gasteiger partial charge in [0.25, 0.3) is 5.91 Å². The number of benzene rings is 2. The summed E-state index contributed by atoms with van der Waals surface area (Å²) in [6.45, 7) is 1.43.